The van der Waals surface area contributed by atoms with E-state index < -0.39 is 18.9 Å². The molecule has 2 aliphatic carbocycles. The summed E-state index contributed by atoms with van der Waals surface area (Å²) in [6.45, 7) is 6.88. The summed E-state index contributed by atoms with van der Waals surface area (Å²) in [6.07, 6.45) is 7.92. The van der Waals surface area contributed by atoms with Crippen molar-refractivity contribution in [3.63, 3.8) is 0 Å². The van der Waals surface area contributed by atoms with Crippen LogP contribution in [0, 0.1) is 13.8 Å². The number of fused-ring (bicyclic) bond motifs is 3. The topological polar surface area (TPSA) is 0 Å². The van der Waals surface area contributed by atoms with Crippen LogP contribution in [0.25, 0.3) is 16.7 Å². The molecule has 0 aliphatic heterocycles. The normalized spacial score (nSPS) is 17.1. The van der Waals surface area contributed by atoms with Crippen LogP contribution in [0.15, 0.2) is 48.6 Å². The van der Waals surface area contributed by atoms with Crippen LogP contribution in [0.1, 0.15) is 37.9 Å². The van der Waals surface area contributed by atoms with Gasteiger partial charge in [0.2, 0.25) is 0 Å². The third-order valence-corrected chi connectivity index (χ3v) is 13.2. The molecule has 0 spiro atoms. The first-order valence-electron chi connectivity index (χ1n) is 8.84. The van der Waals surface area contributed by atoms with Gasteiger partial charge in [0, 0.05) is 0 Å². The molecule has 0 amide bonds. The van der Waals surface area contributed by atoms with E-state index in [4.69, 9.17) is 0 Å². The molecule has 4 heteroatoms. The van der Waals surface area contributed by atoms with Crippen molar-refractivity contribution in [1.82, 2.24) is 0 Å². The second-order valence-electron chi connectivity index (χ2n) is 8.06. The molecule has 0 aromatic heterocycles. The van der Waals surface area contributed by atoms with Gasteiger partial charge < -0.3 is 0 Å². The Morgan fingerprint density at radius 3 is 2.31 bits per heavy atom. The van der Waals surface area contributed by atoms with Gasteiger partial charge in [0.1, 0.15) is 0 Å². The average Bonchev–Trinajstić information content (AvgIpc) is 3.11. The molecular weight excluding hydrogens is 454 g/mol. The van der Waals surface area contributed by atoms with Gasteiger partial charge in [-0.2, -0.15) is 0 Å². The first-order chi connectivity index (χ1) is 11.4. The molecule has 2 aliphatic rings. The Morgan fingerprint density at radius 1 is 1.00 bits per heavy atom. The molecule has 2 aromatic carbocycles. The van der Waals surface area contributed by atoms with Gasteiger partial charge in [0.15, 0.2) is 0 Å². The molecule has 0 bridgehead atoms. The Kier molecular flexibility index (Phi) is 6.67. The standard InChI is InChI=1S/C20H17.2CH3.2ClH.H2Si.Zr/c1-13-7-9-17-16(11-13)12-19-18(17)10-8-14(2)20(19)15-5-3-4-6-15;;;;;;/h3-5,7-12H,6H2,1-2H3;2*1H3;2*1H;1H2;. The maximum Gasteiger partial charge on any atom is -0.147 e. The molecule has 137 valence electrons. The number of hydrogen-bond donors (Lipinski definition) is 0. The third-order valence-electron chi connectivity index (χ3n) is 5.42. The Balaban J connectivity index is 0.00000121. The van der Waals surface area contributed by atoms with Crippen LogP contribution < -0.4 is 0 Å². The zero-order valence-corrected chi connectivity index (χ0v) is 21.4. The van der Waals surface area contributed by atoms with Gasteiger partial charge in [0.25, 0.3) is 0 Å². The molecule has 0 saturated carbocycles. The molecule has 26 heavy (non-hydrogen) atoms. The number of halogens is 2. The maximum atomic E-state index is 2.60. The number of rotatable bonds is 2. The summed E-state index contributed by atoms with van der Waals surface area (Å²) in [6, 6.07) is 11.8. The maximum absolute atomic E-state index is 2.60. The fourth-order valence-electron chi connectivity index (χ4n) is 4.46. The SMILES string of the molecule is Cc1ccc2c(c1)[CH]([Zr]([CH3])([CH3])=[SiH2])c1c-2ccc(C)c1C1=CC=CC1.Cl.Cl. The van der Waals surface area contributed by atoms with E-state index in [1.54, 1.807) is 16.7 Å². The monoisotopic (exact) mass is 479 g/mol. The summed E-state index contributed by atoms with van der Waals surface area (Å²) >= 11 is -2.19. The zero-order chi connectivity index (χ0) is 17.1. The van der Waals surface area contributed by atoms with E-state index in [1.165, 1.54) is 27.8 Å². The Labute approximate surface area is 175 Å². The molecule has 1 unspecified atom stereocenters. The molecule has 0 fully saturated rings. The summed E-state index contributed by atoms with van der Waals surface area (Å²) < 4.78 is 5.89. The van der Waals surface area contributed by atoms with Crippen LogP contribution in [-0.2, 0) is 18.9 Å². The minimum absolute atomic E-state index is 0. The Bertz CT molecular complexity index is 966. The van der Waals surface area contributed by atoms with Crippen LogP contribution in [0.5, 0.6) is 0 Å². The van der Waals surface area contributed by atoms with Crippen molar-refractivity contribution in [1.29, 1.82) is 0 Å². The number of aryl methyl sites for hydroxylation is 2. The molecule has 4 rings (SSSR count). The summed E-state index contributed by atoms with van der Waals surface area (Å²) in [5, 5.41) is 0. The summed E-state index contributed by atoms with van der Waals surface area (Å²) in [5.41, 5.74) is 12.2. The molecule has 0 saturated heterocycles. The molecule has 2 aromatic rings. The minimum Gasteiger partial charge on any atom is -0.147 e. The van der Waals surface area contributed by atoms with Gasteiger partial charge in [-0.05, 0) is 0 Å². The van der Waals surface area contributed by atoms with Crippen molar-refractivity contribution in [3.05, 3.63) is 76.4 Å². The third kappa shape index (κ3) is 3.51. The van der Waals surface area contributed by atoms with Crippen molar-refractivity contribution in [2.75, 3.05) is 0 Å². The summed E-state index contributed by atoms with van der Waals surface area (Å²) in [5.74, 6) is 0. The quantitative estimate of drug-likeness (QED) is 0.438. The van der Waals surface area contributed by atoms with E-state index in [0.717, 1.165) is 6.42 Å². The van der Waals surface area contributed by atoms with E-state index in [2.05, 4.69) is 78.6 Å². The predicted octanol–water partition coefficient (Wildman–Crippen LogP) is 6.36. The van der Waals surface area contributed by atoms with E-state index in [1.807, 2.05) is 0 Å². The van der Waals surface area contributed by atoms with Crippen molar-refractivity contribution >= 4 is 37.3 Å². The fourth-order valence-corrected chi connectivity index (χ4v) is 12.3. The van der Waals surface area contributed by atoms with Crippen LogP contribution in [0.2, 0.25) is 9.26 Å². The van der Waals surface area contributed by atoms with Gasteiger partial charge in [-0.15, -0.1) is 24.8 Å². The van der Waals surface area contributed by atoms with Gasteiger partial charge in [0.05, 0.1) is 0 Å². The van der Waals surface area contributed by atoms with Crippen LogP contribution >= 0.6 is 24.8 Å². The second-order valence-corrected chi connectivity index (χ2v) is 30.0. The van der Waals surface area contributed by atoms with Crippen LogP contribution in [-0.4, -0.2) is 6.88 Å². The van der Waals surface area contributed by atoms with E-state index >= 15 is 0 Å². The minimum atomic E-state index is -2.19. The van der Waals surface area contributed by atoms with Gasteiger partial charge in [-0.3, -0.25) is 0 Å². The Morgan fingerprint density at radius 2 is 1.69 bits per heavy atom. The van der Waals surface area contributed by atoms with E-state index in [0.29, 0.717) is 3.63 Å². The van der Waals surface area contributed by atoms with E-state index in [9.17, 15) is 0 Å². The predicted molar refractivity (Wildman–Crippen MR) is 120 cm³/mol. The molecular formula is C22H27Cl2SiZr. The van der Waals surface area contributed by atoms with Gasteiger partial charge in [-0.25, -0.2) is 0 Å². The Hall–Kier alpha value is -0.400. The van der Waals surface area contributed by atoms with Crippen molar-refractivity contribution in [2.24, 2.45) is 0 Å². The molecule has 0 heterocycles. The average molecular weight is 482 g/mol. The van der Waals surface area contributed by atoms with Gasteiger partial charge >= 0.3 is 152 Å². The molecule has 1 atom stereocenters. The first kappa shape index (κ1) is 21.9. The number of benzene rings is 2. The molecule has 0 radical (unpaired) electrons. The van der Waals surface area contributed by atoms with Crippen LogP contribution in [0.3, 0.4) is 0 Å². The first-order valence-corrected chi connectivity index (χ1v) is 21.1. The van der Waals surface area contributed by atoms with Crippen molar-refractivity contribution in [2.45, 2.75) is 33.2 Å². The van der Waals surface area contributed by atoms with Crippen LogP contribution in [0.4, 0.5) is 0 Å². The zero-order valence-electron chi connectivity index (χ0n) is 15.9. The summed E-state index contributed by atoms with van der Waals surface area (Å²) in [7, 11) is 0. The summed E-state index contributed by atoms with van der Waals surface area (Å²) in [4.78, 5) is 0. The largest absolute Gasteiger partial charge is 0.147 e. The van der Waals surface area contributed by atoms with E-state index in [-0.39, 0.29) is 24.8 Å². The molecule has 0 nitrogen and oxygen atoms in total. The smallest absolute Gasteiger partial charge is 0.147 e. The van der Waals surface area contributed by atoms with Crippen molar-refractivity contribution in [3.8, 4) is 11.1 Å². The molecule has 0 N–H and O–H groups in total. The van der Waals surface area contributed by atoms with Crippen molar-refractivity contribution < 1.29 is 18.9 Å². The fraction of sp³-hybridized carbons (Fsp3) is 0.273. The second kappa shape index (κ2) is 7.92. The number of allylic oxidation sites excluding steroid dienone is 4. The van der Waals surface area contributed by atoms with Gasteiger partial charge in [-0.1, -0.05) is 0 Å². The number of hydrogen-bond acceptors (Lipinski definition) is 0.